The van der Waals surface area contributed by atoms with Crippen LogP contribution in [0.15, 0.2) is 78.5 Å². The average molecular weight is 439 g/mol. The highest BCUT2D eigenvalue weighted by Crippen LogP contribution is 2.18. The molecule has 0 bridgehead atoms. The van der Waals surface area contributed by atoms with Crippen LogP contribution in [0.2, 0.25) is 5.02 Å². The van der Waals surface area contributed by atoms with Crippen LogP contribution in [-0.4, -0.2) is 18.4 Å². The Labute approximate surface area is 184 Å². The molecule has 0 radical (unpaired) electrons. The Morgan fingerprint density at radius 3 is 2.32 bits per heavy atom. The SMILES string of the molecule is CCOc1ccc(NC(=O)C(=Cc2ccc(F)cc2)NC(=O)c2ccccc2Cl)cc1. The van der Waals surface area contributed by atoms with E-state index in [0.717, 1.165) is 0 Å². The number of hydrogen-bond donors (Lipinski definition) is 2. The third-order valence-corrected chi connectivity index (χ3v) is 4.55. The molecule has 0 unspecified atom stereocenters. The highest BCUT2D eigenvalue weighted by Gasteiger charge is 2.17. The van der Waals surface area contributed by atoms with Gasteiger partial charge in [-0.2, -0.15) is 0 Å². The third-order valence-electron chi connectivity index (χ3n) is 4.22. The van der Waals surface area contributed by atoms with E-state index >= 15 is 0 Å². The van der Waals surface area contributed by atoms with Crippen LogP contribution >= 0.6 is 11.6 Å². The van der Waals surface area contributed by atoms with Crippen molar-refractivity contribution in [2.75, 3.05) is 11.9 Å². The van der Waals surface area contributed by atoms with Crippen molar-refractivity contribution in [3.8, 4) is 5.75 Å². The summed E-state index contributed by atoms with van der Waals surface area (Å²) in [7, 11) is 0. The Kier molecular flexibility index (Phi) is 7.40. The Hall–Kier alpha value is -3.64. The fourth-order valence-corrected chi connectivity index (χ4v) is 2.94. The summed E-state index contributed by atoms with van der Waals surface area (Å²) in [5.41, 5.74) is 1.26. The summed E-state index contributed by atoms with van der Waals surface area (Å²) in [5.74, 6) is -0.818. The molecule has 0 aliphatic rings. The monoisotopic (exact) mass is 438 g/mol. The molecule has 0 saturated heterocycles. The van der Waals surface area contributed by atoms with E-state index in [1.165, 1.54) is 30.3 Å². The van der Waals surface area contributed by atoms with Crippen molar-refractivity contribution in [2.45, 2.75) is 6.92 Å². The molecule has 2 N–H and O–H groups in total. The average Bonchev–Trinajstić information content (AvgIpc) is 2.76. The first-order valence-electron chi connectivity index (χ1n) is 9.53. The summed E-state index contributed by atoms with van der Waals surface area (Å²) < 4.78 is 18.6. The molecule has 5 nitrogen and oxygen atoms in total. The summed E-state index contributed by atoms with van der Waals surface area (Å²) in [4.78, 5) is 25.6. The van der Waals surface area contributed by atoms with Gasteiger partial charge in [0.25, 0.3) is 11.8 Å². The second kappa shape index (κ2) is 10.4. The van der Waals surface area contributed by atoms with Gasteiger partial charge in [0.1, 0.15) is 17.3 Å². The normalized spacial score (nSPS) is 11.0. The van der Waals surface area contributed by atoms with Gasteiger partial charge in [0.15, 0.2) is 0 Å². The van der Waals surface area contributed by atoms with Gasteiger partial charge in [-0.1, -0.05) is 35.9 Å². The molecule has 0 aromatic heterocycles. The molecule has 31 heavy (non-hydrogen) atoms. The van der Waals surface area contributed by atoms with Crippen LogP contribution in [0.1, 0.15) is 22.8 Å². The first-order valence-corrected chi connectivity index (χ1v) is 9.91. The fourth-order valence-electron chi connectivity index (χ4n) is 2.72. The lowest BCUT2D eigenvalue weighted by atomic mass is 10.1. The summed E-state index contributed by atoms with van der Waals surface area (Å²) in [6.07, 6.45) is 1.46. The molecule has 3 aromatic rings. The maximum Gasteiger partial charge on any atom is 0.272 e. The van der Waals surface area contributed by atoms with Crippen LogP contribution in [-0.2, 0) is 4.79 Å². The van der Waals surface area contributed by atoms with Crippen LogP contribution in [0.3, 0.4) is 0 Å². The lowest BCUT2D eigenvalue weighted by molar-refractivity contribution is -0.113. The molecule has 0 spiro atoms. The molecule has 0 aliphatic carbocycles. The number of ether oxygens (including phenoxy) is 1. The number of carbonyl (C=O) groups is 2. The van der Waals surface area contributed by atoms with Crippen molar-refractivity contribution >= 4 is 35.2 Å². The molecule has 0 fully saturated rings. The molecule has 0 aliphatic heterocycles. The van der Waals surface area contributed by atoms with E-state index in [9.17, 15) is 14.0 Å². The quantitative estimate of drug-likeness (QED) is 0.493. The Morgan fingerprint density at radius 2 is 1.68 bits per heavy atom. The van der Waals surface area contributed by atoms with Gasteiger partial charge >= 0.3 is 0 Å². The number of rotatable bonds is 7. The minimum Gasteiger partial charge on any atom is -0.494 e. The van der Waals surface area contributed by atoms with Crippen molar-refractivity contribution in [3.63, 3.8) is 0 Å². The van der Waals surface area contributed by atoms with E-state index in [4.69, 9.17) is 16.3 Å². The Morgan fingerprint density at radius 1 is 1.00 bits per heavy atom. The van der Waals surface area contributed by atoms with Crippen LogP contribution < -0.4 is 15.4 Å². The molecule has 0 saturated carbocycles. The largest absolute Gasteiger partial charge is 0.494 e. The number of halogens is 2. The number of hydrogen-bond acceptors (Lipinski definition) is 3. The van der Waals surface area contributed by atoms with Crippen molar-refractivity contribution in [1.82, 2.24) is 5.32 Å². The first kappa shape index (κ1) is 22.1. The molecule has 3 aromatic carbocycles. The van der Waals surface area contributed by atoms with Gasteiger partial charge in [-0.25, -0.2) is 4.39 Å². The van der Waals surface area contributed by atoms with Crippen LogP contribution in [0, 0.1) is 5.82 Å². The summed E-state index contributed by atoms with van der Waals surface area (Å²) >= 11 is 6.10. The molecule has 158 valence electrons. The summed E-state index contributed by atoms with van der Waals surface area (Å²) in [6, 6.07) is 18.9. The molecule has 7 heteroatoms. The van der Waals surface area contributed by atoms with Crippen LogP contribution in [0.5, 0.6) is 5.75 Å². The summed E-state index contributed by atoms with van der Waals surface area (Å²) in [5, 5.41) is 5.58. The van der Waals surface area contributed by atoms with Gasteiger partial charge < -0.3 is 15.4 Å². The van der Waals surface area contributed by atoms with Gasteiger partial charge in [-0.15, -0.1) is 0 Å². The van der Waals surface area contributed by atoms with E-state index in [1.807, 2.05) is 6.92 Å². The van der Waals surface area contributed by atoms with Crippen molar-refractivity contribution in [1.29, 1.82) is 0 Å². The highest BCUT2D eigenvalue weighted by molar-refractivity contribution is 6.34. The molecular formula is C24H20ClFN2O3. The predicted octanol–water partition coefficient (Wildman–Crippen LogP) is 5.29. The van der Waals surface area contributed by atoms with Gasteiger partial charge in [0.2, 0.25) is 0 Å². The molecular weight excluding hydrogens is 419 g/mol. The van der Waals surface area contributed by atoms with E-state index in [0.29, 0.717) is 23.6 Å². The second-order valence-corrected chi connectivity index (χ2v) is 6.86. The van der Waals surface area contributed by atoms with Crippen LogP contribution in [0.4, 0.5) is 10.1 Å². The molecule has 0 heterocycles. The fraction of sp³-hybridized carbons (Fsp3) is 0.0833. The van der Waals surface area contributed by atoms with Gasteiger partial charge in [0.05, 0.1) is 17.2 Å². The topological polar surface area (TPSA) is 67.4 Å². The van der Waals surface area contributed by atoms with E-state index in [-0.39, 0.29) is 16.3 Å². The van der Waals surface area contributed by atoms with Crippen molar-refractivity contribution in [3.05, 3.63) is 100 Å². The minimum absolute atomic E-state index is 0.0228. The third kappa shape index (κ3) is 6.17. The van der Waals surface area contributed by atoms with Gasteiger partial charge in [-0.05, 0) is 67.1 Å². The maximum atomic E-state index is 13.2. The predicted molar refractivity (Wildman–Crippen MR) is 120 cm³/mol. The van der Waals surface area contributed by atoms with Crippen molar-refractivity contribution < 1.29 is 18.7 Å². The lowest BCUT2D eigenvalue weighted by Gasteiger charge is -2.12. The Balaban J connectivity index is 1.85. The van der Waals surface area contributed by atoms with Crippen molar-refractivity contribution in [2.24, 2.45) is 0 Å². The minimum atomic E-state index is -0.547. The van der Waals surface area contributed by atoms with Gasteiger partial charge in [0, 0.05) is 5.69 Å². The van der Waals surface area contributed by atoms with Gasteiger partial charge in [-0.3, -0.25) is 9.59 Å². The first-order chi connectivity index (χ1) is 15.0. The number of amides is 2. The van der Waals surface area contributed by atoms with Crippen LogP contribution in [0.25, 0.3) is 6.08 Å². The number of nitrogens with one attached hydrogen (secondary N) is 2. The number of anilines is 1. The highest BCUT2D eigenvalue weighted by atomic mass is 35.5. The second-order valence-electron chi connectivity index (χ2n) is 6.46. The number of carbonyl (C=O) groups excluding carboxylic acids is 2. The molecule has 2 amide bonds. The zero-order valence-corrected chi connectivity index (χ0v) is 17.4. The smallest absolute Gasteiger partial charge is 0.272 e. The summed E-state index contributed by atoms with van der Waals surface area (Å²) in [6.45, 7) is 2.41. The maximum absolute atomic E-state index is 13.2. The number of benzene rings is 3. The van der Waals surface area contributed by atoms with E-state index in [2.05, 4.69) is 10.6 Å². The zero-order valence-electron chi connectivity index (χ0n) is 16.7. The lowest BCUT2D eigenvalue weighted by Crippen LogP contribution is -2.30. The molecule has 0 atom stereocenters. The Bertz CT molecular complexity index is 1100. The van der Waals surface area contributed by atoms with E-state index in [1.54, 1.807) is 48.5 Å². The zero-order chi connectivity index (χ0) is 22.2. The standard InChI is InChI=1S/C24H20ClFN2O3/c1-2-31-19-13-11-18(12-14-19)27-24(30)22(15-16-7-9-17(26)10-8-16)28-23(29)20-5-3-4-6-21(20)25/h3-15H,2H2,1H3,(H,27,30)(H,28,29). The van der Waals surface area contributed by atoms with E-state index < -0.39 is 17.6 Å². The molecule has 3 rings (SSSR count).